The Bertz CT molecular complexity index is 333. The number of rotatable bonds is 6. The molecule has 1 heterocycles. The maximum absolute atomic E-state index is 12.2. The van der Waals surface area contributed by atoms with Gasteiger partial charge in [0.2, 0.25) is 0 Å². The molecule has 98 valence electrons. The summed E-state index contributed by atoms with van der Waals surface area (Å²) in [5.74, 6) is 0. The van der Waals surface area contributed by atoms with E-state index in [1.165, 1.54) is 0 Å². The van der Waals surface area contributed by atoms with Crippen molar-refractivity contribution in [3.05, 3.63) is 18.0 Å². The summed E-state index contributed by atoms with van der Waals surface area (Å²) < 4.78 is 38.1. The van der Waals surface area contributed by atoms with E-state index >= 15 is 0 Å². The molecule has 0 amide bonds. The van der Waals surface area contributed by atoms with Gasteiger partial charge >= 0.3 is 6.18 Å². The van der Waals surface area contributed by atoms with Crippen LogP contribution < -0.4 is 5.32 Å². The highest BCUT2D eigenvalue weighted by Crippen LogP contribution is 2.23. The third-order valence-corrected chi connectivity index (χ3v) is 2.49. The second-order valence-corrected chi connectivity index (χ2v) is 4.09. The minimum atomic E-state index is -4.09. The van der Waals surface area contributed by atoms with Crippen LogP contribution in [0.4, 0.5) is 13.2 Å². The van der Waals surface area contributed by atoms with E-state index in [9.17, 15) is 13.2 Å². The predicted molar refractivity (Wildman–Crippen MR) is 59.7 cm³/mol. The zero-order valence-corrected chi connectivity index (χ0v) is 10.1. The van der Waals surface area contributed by atoms with Crippen molar-refractivity contribution in [2.24, 2.45) is 7.05 Å². The number of alkyl halides is 3. The molecule has 0 fully saturated rings. The SMILES string of the molecule is CCNC(CCC(F)(F)F)Cc1ccn(C)n1. The molecular weight excluding hydrogens is 231 g/mol. The fourth-order valence-corrected chi connectivity index (χ4v) is 1.73. The van der Waals surface area contributed by atoms with Gasteiger partial charge in [-0.15, -0.1) is 0 Å². The van der Waals surface area contributed by atoms with E-state index in [1.54, 1.807) is 17.9 Å². The highest BCUT2D eigenvalue weighted by Gasteiger charge is 2.28. The topological polar surface area (TPSA) is 29.9 Å². The normalized spacial score (nSPS) is 13.9. The maximum Gasteiger partial charge on any atom is 0.389 e. The summed E-state index contributed by atoms with van der Waals surface area (Å²) >= 11 is 0. The van der Waals surface area contributed by atoms with Gasteiger partial charge < -0.3 is 5.32 Å². The van der Waals surface area contributed by atoms with E-state index in [0.29, 0.717) is 13.0 Å². The molecule has 0 aliphatic heterocycles. The van der Waals surface area contributed by atoms with Crippen molar-refractivity contribution in [1.29, 1.82) is 0 Å². The van der Waals surface area contributed by atoms with E-state index in [1.807, 2.05) is 13.0 Å². The highest BCUT2D eigenvalue weighted by molar-refractivity contribution is 5.01. The summed E-state index contributed by atoms with van der Waals surface area (Å²) in [5, 5.41) is 7.24. The summed E-state index contributed by atoms with van der Waals surface area (Å²) in [4.78, 5) is 0. The summed E-state index contributed by atoms with van der Waals surface area (Å²) in [5.41, 5.74) is 0.820. The van der Waals surface area contributed by atoms with Gasteiger partial charge in [-0.1, -0.05) is 6.92 Å². The zero-order valence-electron chi connectivity index (χ0n) is 10.1. The van der Waals surface area contributed by atoms with Gasteiger partial charge in [0.25, 0.3) is 0 Å². The molecule has 0 aliphatic rings. The van der Waals surface area contributed by atoms with E-state index in [0.717, 1.165) is 5.69 Å². The summed E-state index contributed by atoms with van der Waals surface area (Å²) in [7, 11) is 1.79. The van der Waals surface area contributed by atoms with Crippen LogP contribution in [0.3, 0.4) is 0 Å². The number of halogens is 3. The average molecular weight is 249 g/mol. The molecule has 1 atom stereocenters. The highest BCUT2D eigenvalue weighted by atomic mass is 19.4. The van der Waals surface area contributed by atoms with Crippen LogP contribution in [0.15, 0.2) is 12.3 Å². The number of aromatic nitrogens is 2. The molecule has 3 nitrogen and oxygen atoms in total. The van der Waals surface area contributed by atoms with E-state index in [4.69, 9.17) is 0 Å². The van der Waals surface area contributed by atoms with Crippen LogP contribution in [0.25, 0.3) is 0 Å². The first kappa shape index (κ1) is 14.0. The van der Waals surface area contributed by atoms with Crippen LogP contribution in [0, 0.1) is 0 Å². The number of aryl methyl sites for hydroxylation is 1. The fourth-order valence-electron chi connectivity index (χ4n) is 1.73. The van der Waals surface area contributed by atoms with Crippen molar-refractivity contribution in [1.82, 2.24) is 15.1 Å². The Morgan fingerprint density at radius 3 is 2.65 bits per heavy atom. The number of hydrogen-bond donors (Lipinski definition) is 1. The monoisotopic (exact) mass is 249 g/mol. The van der Waals surface area contributed by atoms with Crippen molar-refractivity contribution in [3.8, 4) is 0 Å². The van der Waals surface area contributed by atoms with Gasteiger partial charge in [-0.05, 0) is 19.0 Å². The molecule has 1 aromatic heterocycles. The van der Waals surface area contributed by atoms with Gasteiger partial charge in [0.1, 0.15) is 0 Å². The number of nitrogens with zero attached hydrogens (tertiary/aromatic N) is 2. The Morgan fingerprint density at radius 2 is 2.18 bits per heavy atom. The summed E-state index contributed by atoms with van der Waals surface area (Å²) in [6.45, 7) is 2.55. The van der Waals surface area contributed by atoms with Crippen LogP contribution in [-0.4, -0.2) is 28.5 Å². The van der Waals surface area contributed by atoms with Crippen molar-refractivity contribution in [2.75, 3.05) is 6.54 Å². The Labute approximate surface area is 99.0 Å². The predicted octanol–water partition coefficient (Wildman–Crippen LogP) is 2.28. The van der Waals surface area contributed by atoms with Gasteiger partial charge in [0.05, 0.1) is 5.69 Å². The van der Waals surface area contributed by atoms with E-state index < -0.39 is 12.6 Å². The van der Waals surface area contributed by atoms with E-state index in [-0.39, 0.29) is 12.5 Å². The van der Waals surface area contributed by atoms with E-state index in [2.05, 4.69) is 10.4 Å². The van der Waals surface area contributed by atoms with Crippen molar-refractivity contribution >= 4 is 0 Å². The molecule has 1 N–H and O–H groups in total. The average Bonchev–Trinajstić information content (AvgIpc) is 2.60. The lowest BCUT2D eigenvalue weighted by Gasteiger charge is -2.17. The molecule has 0 aromatic carbocycles. The molecule has 0 radical (unpaired) electrons. The minimum absolute atomic E-state index is 0.0912. The number of likely N-dealkylation sites (N-methyl/N-ethyl adjacent to an activating group) is 1. The van der Waals surface area contributed by atoms with Crippen LogP contribution in [0.5, 0.6) is 0 Å². The maximum atomic E-state index is 12.2. The Balaban J connectivity index is 2.48. The Kier molecular flexibility index (Phi) is 4.99. The molecule has 1 unspecified atom stereocenters. The lowest BCUT2D eigenvalue weighted by molar-refractivity contribution is -0.136. The Morgan fingerprint density at radius 1 is 1.47 bits per heavy atom. The smallest absolute Gasteiger partial charge is 0.314 e. The van der Waals surface area contributed by atoms with Crippen molar-refractivity contribution in [2.45, 2.75) is 38.4 Å². The van der Waals surface area contributed by atoms with Crippen LogP contribution in [-0.2, 0) is 13.5 Å². The first-order chi connectivity index (χ1) is 7.90. The van der Waals surface area contributed by atoms with Crippen molar-refractivity contribution < 1.29 is 13.2 Å². The molecule has 0 aliphatic carbocycles. The van der Waals surface area contributed by atoms with Gasteiger partial charge in [0.15, 0.2) is 0 Å². The molecule has 6 heteroatoms. The lowest BCUT2D eigenvalue weighted by atomic mass is 10.1. The largest absolute Gasteiger partial charge is 0.389 e. The second-order valence-electron chi connectivity index (χ2n) is 4.09. The summed E-state index contributed by atoms with van der Waals surface area (Å²) in [6, 6.07) is 1.66. The summed E-state index contributed by atoms with van der Waals surface area (Å²) in [6.07, 6.45) is -2.42. The molecule has 0 bridgehead atoms. The van der Waals surface area contributed by atoms with Crippen molar-refractivity contribution in [3.63, 3.8) is 0 Å². The minimum Gasteiger partial charge on any atom is -0.314 e. The lowest BCUT2D eigenvalue weighted by Crippen LogP contribution is -2.32. The van der Waals surface area contributed by atoms with Gasteiger partial charge in [-0.2, -0.15) is 18.3 Å². The second kappa shape index (κ2) is 6.05. The van der Waals surface area contributed by atoms with Crippen LogP contribution in [0.2, 0.25) is 0 Å². The first-order valence-corrected chi connectivity index (χ1v) is 5.69. The molecule has 0 saturated carbocycles. The number of hydrogen-bond acceptors (Lipinski definition) is 2. The molecule has 1 rings (SSSR count). The third-order valence-electron chi connectivity index (χ3n) is 2.49. The number of nitrogens with one attached hydrogen (secondary N) is 1. The van der Waals surface area contributed by atoms with Crippen LogP contribution in [0.1, 0.15) is 25.5 Å². The molecular formula is C11H18F3N3. The molecule has 0 saturated heterocycles. The molecule has 17 heavy (non-hydrogen) atoms. The zero-order chi connectivity index (χ0) is 12.9. The van der Waals surface area contributed by atoms with Gasteiger partial charge in [0, 0.05) is 32.1 Å². The standard InChI is InChI=1S/C11H18F3N3/c1-3-15-9(4-6-11(12,13)14)8-10-5-7-17(2)16-10/h5,7,9,15H,3-4,6,8H2,1-2H3. The molecule has 1 aromatic rings. The quantitative estimate of drug-likeness (QED) is 0.838. The van der Waals surface area contributed by atoms with Gasteiger partial charge in [-0.25, -0.2) is 0 Å². The Hall–Kier alpha value is -1.04. The first-order valence-electron chi connectivity index (χ1n) is 5.69. The van der Waals surface area contributed by atoms with Crippen LogP contribution >= 0.6 is 0 Å². The van der Waals surface area contributed by atoms with Gasteiger partial charge in [-0.3, -0.25) is 4.68 Å². The molecule has 0 spiro atoms. The third kappa shape index (κ3) is 5.72. The fraction of sp³-hybridized carbons (Fsp3) is 0.727.